The summed E-state index contributed by atoms with van der Waals surface area (Å²) >= 11 is 0. The summed E-state index contributed by atoms with van der Waals surface area (Å²) in [5, 5.41) is 10.3. The Morgan fingerprint density at radius 2 is 1.67 bits per heavy atom. The molecule has 0 saturated carbocycles. The first kappa shape index (κ1) is 20.2. The maximum atomic E-state index is 9.54. The molecule has 0 aromatic carbocycles. The fourth-order valence-corrected chi connectivity index (χ4v) is 2.36. The van der Waals surface area contributed by atoms with Crippen LogP contribution in [-0.4, -0.2) is 30.8 Å². The molecule has 3 nitrogen and oxygen atoms in total. The zero-order chi connectivity index (χ0) is 14.4. The molecule has 0 spiro atoms. The Hall–Kier alpha value is -0.140. The molecular weight excluding hydrogens is 245 g/mol. The van der Waals surface area contributed by atoms with E-state index in [1.54, 1.807) is 7.05 Å². The summed E-state index contributed by atoms with van der Waals surface area (Å²) in [6, 6.07) is 0. The minimum absolute atomic E-state index is 0.0417. The highest BCUT2D eigenvalue weighted by Gasteiger charge is 2.22. The molecule has 110 valence electrons. The van der Waals surface area contributed by atoms with Crippen LogP contribution in [0.15, 0.2) is 0 Å². The normalized spacial score (nSPS) is 10.7. The highest BCUT2D eigenvalue weighted by atomic mass is 31.0. The molecule has 0 aliphatic rings. The van der Waals surface area contributed by atoms with Gasteiger partial charge in [-0.15, -0.1) is 9.24 Å². The number of carboxylic acids is 1. The van der Waals surface area contributed by atoms with Crippen LogP contribution in [0.25, 0.3) is 0 Å². The number of hydrogen-bond donors (Lipinski definition) is 2. The molecule has 0 fully saturated rings. The van der Waals surface area contributed by atoms with Crippen LogP contribution in [0.2, 0.25) is 0 Å². The van der Waals surface area contributed by atoms with Gasteiger partial charge in [-0.1, -0.05) is 46.5 Å². The summed E-state index contributed by atoms with van der Waals surface area (Å²) in [4.78, 5) is 9.54. The average molecular weight is 277 g/mol. The average Bonchev–Trinajstić information content (AvgIpc) is 2.36. The minimum atomic E-state index is -0.822. The van der Waals surface area contributed by atoms with Crippen LogP contribution in [0.5, 0.6) is 0 Å². The lowest BCUT2D eigenvalue weighted by atomic mass is 9.76. The highest BCUT2D eigenvalue weighted by molar-refractivity contribution is 7.16. The molecule has 0 aromatic rings. The molecule has 0 aliphatic heterocycles. The lowest BCUT2D eigenvalue weighted by Crippen LogP contribution is -2.17. The van der Waals surface area contributed by atoms with E-state index in [0.717, 1.165) is 0 Å². The third-order valence-electron chi connectivity index (χ3n) is 3.74. The summed E-state index contributed by atoms with van der Waals surface area (Å²) in [6.07, 6.45) is 9.58. The van der Waals surface area contributed by atoms with Crippen molar-refractivity contribution >= 4 is 15.2 Å². The fraction of sp³-hybridized carbons (Fsp3) is 0.929. The van der Waals surface area contributed by atoms with Gasteiger partial charge < -0.3 is 10.4 Å². The van der Waals surface area contributed by atoms with Crippen LogP contribution in [0.3, 0.4) is 0 Å². The summed E-state index contributed by atoms with van der Waals surface area (Å²) in [7, 11) is 4.41. The van der Waals surface area contributed by atoms with Gasteiger partial charge in [0.15, 0.2) is 0 Å². The molecule has 4 heteroatoms. The molecule has 0 aromatic heterocycles. The van der Waals surface area contributed by atoms with E-state index in [9.17, 15) is 4.79 Å². The number of hydrogen-bond acceptors (Lipinski definition) is 2. The van der Waals surface area contributed by atoms with Crippen molar-refractivity contribution < 1.29 is 9.90 Å². The first-order chi connectivity index (χ1) is 8.51. The van der Waals surface area contributed by atoms with Gasteiger partial charge in [0.05, 0.1) is 6.54 Å². The van der Waals surface area contributed by atoms with Gasteiger partial charge in [0, 0.05) is 0 Å². The van der Waals surface area contributed by atoms with Gasteiger partial charge in [0.1, 0.15) is 0 Å². The maximum Gasteiger partial charge on any atom is 0.317 e. The Morgan fingerprint density at radius 3 is 1.89 bits per heavy atom. The molecular formula is C14H32NO2P. The van der Waals surface area contributed by atoms with Crippen LogP contribution >= 0.6 is 9.24 Å². The molecule has 1 atom stereocenters. The molecule has 0 heterocycles. The first-order valence-electron chi connectivity index (χ1n) is 7.08. The van der Waals surface area contributed by atoms with Gasteiger partial charge in [0.2, 0.25) is 0 Å². The Kier molecular flexibility index (Phi) is 14.9. The van der Waals surface area contributed by atoms with E-state index >= 15 is 0 Å². The predicted octanol–water partition coefficient (Wildman–Crippen LogP) is 3.54. The molecule has 2 N–H and O–H groups in total. The van der Waals surface area contributed by atoms with Crippen LogP contribution in [-0.2, 0) is 4.79 Å². The lowest BCUT2D eigenvalue weighted by molar-refractivity contribution is -0.135. The SMILES string of the molecule is CCC(CC)(CC)CCCCP.CNCC(=O)O. The smallest absolute Gasteiger partial charge is 0.317 e. The lowest BCUT2D eigenvalue weighted by Gasteiger charge is -2.30. The number of likely N-dealkylation sites (N-methyl/N-ethyl adjacent to an activating group) is 1. The van der Waals surface area contributed by atoms with E-state index < -0.39 is 5.97 Å². The molecule has 0 rings (SSSR count). The third kappa shape index (κ3) is 11.0. The number of rotatable bonds is 9. The number of nitrogens with one attached hydrogen (secondary N) is 1. The Morgan fingerprint density at radius 1 is 1.17 bits per heavy atom. The molecule has 18 heavy (non-hydrogen) atoms. The number of aliphatic carboxylic acids is 1. The van der Waals surface area contributed by atoms with Gasteiger partial charge in [0.25, 0.3) is 0 Å². The predicted molar refractivity (Wildman–Crippen MR) is 83.3 cm³/mol. The van der Waals surface area contributed by atoms with E-state index in [-0.39, 0.29) is 6.54 Å². The summed E-state index contributed by atoms with van der Waals surface area (Å²) in [5.41, 5.74) is 0.667. The molecule has 0 saturated heterocycles. The zero-order valence-corrected chi connectivity index (χ0v) is 13.7. The summed E-state index contributed by atoms with van der Waals surface area (Å²) < 4.78 is 0. The standard InChI is InChI=1S/C11H25P.C3H7NO2/c1-4-11(5-2,6-3)9-7-8-10-12;1-4-2-3(5)6/h4-10,12H2,1-3H3;4H,2H2,1H3,(H,5,6). The van der Waals surface area contributed by atoms with Crippen LogP contribution in [0.1, 0.15) is 59.3 Å². The second-order valence-electron chi connectivity index (χ2n) is 4.73. The molecule has 0 radical (unpaired) electrons. The molecule has 0 aliphatic carbocycles. The van der Waals surface area contributed by atoms with Crippen molar-refractivity contribution in [1.29, 1.82) is 0 Å². The number of carboxylic acid groups (broad SMARTS) is 1. The van der Waals surface area contributed by atoms with Crippen molar-refractivity contribution in [3.05, 3.63) is 0 Å². The van der Waals surface area contributed by atoms with Crippen molar-refractivity contribution in [2.24, 2.45) is 5.41 Å². The maximum absolute atomic E-state index is 9.54. The summed E-state index contributed by atoms with van der Waals surface area (Å²) in [5.74, 6) is -0.822. The van der Waals surface area contributed by atoms with Crippen molar-refractivity contribution in [1.82, 2.24) is 5.32 Å². The van der Waals surface area contributed by atoms with E-state index in [4.69, 9.17) is 5.11 Å². The number of unbranched alkanes of at least 4 members (excludes halogenated alkanes) is 1. The van der Waals surface area contributed by atoms with Crippen molar-refractivity contribution in [2.45, 2.75) is 59.3 Å². The van der Waals surface area contributed by atoms with Crippen LogP contribution < -0.4 is 5.32 Å². The van der Waals surface area contributed by atoms with Gasteiger partial charge >= 0.3 is 5.97 Å². The third-order valence-corrected chi connectivity index (χ3v) is 4.15. The second-order valence-corrected chi connectivity index (χ2v) is 5.31. The minimum Gasteiger partial charge on any atom is -0.480 e. The van der Waals surface area contributed by atoms with E-state index in [1.807, 2.05) is 0 Å². The Bertz CT molecular complexity index is 186. The largest absolute Gasteiger partial charge is 0.480 e. The Balaban J connectivity index is 0. The van der Waals surface area contributed by atoms with Gasteiger partial charge in [-0.3, -0.25) is 4.79 Å². The van der Waals surface area contributed by atoms with Crippen molar-refractivity contribution in [3.8, 4) is 0 Å². The van der Waals surface area contributed by atoms with Crippen LogP contribution in [0, 0.1) is 5.41 Å². The molecule has 0 bridgehead atoms. The monoisotopic (exact) mass is 277 g/mol. The van der Waals surface area contributed by atoms with E-state index in [0.29, 0.717) is 5.41 Å². The molecule has 0 amide bonds. The quantitative estimate of drug-likeness (QED) is 0.500. The van der Waals surface area contributed by atoms with Crippen molar-refractivity contribution in [3.63, 3.8) is 0 Å². The van der Waals surface area contributed by atoms with E-state index in [2.05, 4.69) is 35.3 Å². The highest BCUT2D eigenvalue weighted by Crippen LogP contribution is 2.35. The second kappa shape index (κ2) is 13.3. The van der Waals surface area contributed by atoms with Gasteiger partial charge in [-0.2, -0.15) is 0 Å². The van der Waals surface area contributed by atoms with Gasteiger partial charge in [-0.05, 0) is 31.5 Å². The zero-order valence-electron chi connectivity index (χ0n) is 12.6. The topological polar surface area (TPSA) is 49.3 Å². The van der Waals surface area contributed by atoms with Crippen molar-refractivity contribution in [2.75, 3.05) is 19.8 Å². The summed E-state index contributed by atoms with van der Waals surface area (Å²) in [6.45, 7) is 7.06. The first-order valence-corrected chi connectivity index (χ1v) is 7.90. The van der Waals surface area contributed by atoms with Gasteiger partial charge in [-0.25, -0.2) is 0 Å². The Labute approximate surface area is 115 Å². The fourth-order valence-electron chi connectivity index (χ4n) is 2.08. The molecule has 1 unspecified atom stereocenters. The van der Waals surface area contributed by atoms with E-state index in [1.165, 1.54) is 44.7 Å². The van der Waals surface area contributed by atoms with Crippen LogP contribution in [0.4, 0.5) is 0 Å². The number of carbonyl (C=O) groups is 1.